The molecule has 0 radical (unpaired) electrons. The van der Waals surface area contributed by atoms with E-state index in [1.54, 1.807) is 4.68 Å². The summed E-state index contributed by atoms with van der Waals surface area (Å²) in [6, 6.07) is 19.4. The van der Waals surface area contributed by atoms with Gasteiger partial charge in [-0.25, -0.2) is 4.39 Å². The molecule has 0 atom stereocenters. The van der Waals surface area contributed by atoms with Gasteiger partial charge in [-0.1, -0.05) is 66.2 Å². The molecule has 0 aliphatic heterocycles. The molecule has 0 saturated heterocycles. The van der Waals surface area contributed by atoms with Gasteiger partial charge in [-0.2, -0.15) is 5.10 Å². The quantitative estimate of drug-likeness (QED) is 0.300. The average Bonchev–Trinajstić information content (AvgIpc) is 3.31. The second kappa shape index (κ2) is 10.7. The number of rotatable bonds is 7. The van der Waals surface area contributed by atoms with Crippen LogP contribution >= 0.6 is 11.6 Å². The van der Waals surface area contributed by atoms with E-state index in [1.165, 1.54) is 12.3 Å². The maximum atomic E-state index is 14.9. The van der Waals surface area contributed by atoms with Crippen molar-refractivity contribution >= 4 is 34.4 Å². The maximum Gasteiger partial charge on any atom is 0.303 e. The van der Waals surface area contributed by atoms with Crippen LogP contribution in [-0.4, -0.2) is 32.8 Å². The zero-order valence-electron chi connectivity index (χ0n) is 20.2. The highest BCUT2D eigenvalue weighted by Gasteiger charge is 2.26. The number of halogens is 2. The molecule has 3 aromatic carbocycles. The van der Waals surface area contributed by atoms with E-state index in [9.17, 15) is 14.0 Å². The number of carboxylic acid groups (broad SMARTS) is 1. The topological polar surface area (TPSA) is 84.2 Å². The summed E-state index contributed by atoms with van der Waals surface area (Å²) in [6.45, 7) is 0.361. The average molecular weight is 520 g/mol. The predicted octanol–water partition coefficient (Wildman–Crippen LogP) is 6.31. The van der Waals surface area contributed by atoms with Crippen molar-refractivity contribution in [3.05, 3.63) is 88.8 Å². The molecule has 1 aliphatic rings. The Morgan fingerprint density at radius 1 is 1.03 bits per heavy atom. The fourth-order valence-electron chi connectivity index (χ4n) is 5.14. The third-order valence-electron chi connectivity index (χ3n) is 7.10. The van der Waals surface area contributed by atoms with E-state index >= 15 is 0 Å². The minimum atomic E-state index is -0.793. The molecule has 1 aliphatic carbocycles. The number of carboxylic acids is 1. The van der Waals surface area contributed by atoms with Gasteiger partial charge in [-0.3, -0.25) is 14.3 Å². The van der Waals surface area contributed by atoms with Gasteiger partial charge < -0.3 is 10.4 Å². The summed E-state index contributed by atoms with van der Waals surface area (Å²) in [5.74, 6) is -1.60. The van der Waals surface area contributed by atoms with Crippen LogP contribution in [0, 0.1) is 11.7 Å². The standard InChI is InChI=1S/C29H27ClFN3O3/c30-25-15-23(29(37)33-22-12-8-18(9-13-22)14-26(35)36)28-24(27(25)31)16-32-34(28)17-19-6-10-21(11-7-19)20-4-2-1-3-5-20/h1-7,10-11,15-16,18,22H,8-9,12-14,17H2,(H,33,37)(H,35,36). The Kier molecular flexibility index (Phi) is 7.24. The number of aromatic nitrogens is 2. The van der Waals surface area contributed by atoms with Crippen LogP contribution in [-0.2, 0) is 11.3 Å². The molecule has 1 aromatic heterocycles. The number of nitrogens with zero attached hydrogens (tertiary/aromatic N) is 2. The Morgan fingerprint density at radius 3 is 2.38 bits per heavy atom. The lowest BCUT2D eigenvalue weighted by molar-refractivity contribution is -0.138. The molecule has 0 bridgehead atoms. The Hall–Kier alpha value is -3.71. The SMILES string of the molecule is O=C(O)CC1CCC(NC(=O)c2cc(Cl)c(F)c3cnn(Cc4ccc(-c5ccccc5)cc4)c23)CC1. The molecule has 1 saturated carbocycles. The van der Waals surface area contributed by atoms with Crippen molar-refractivity contribution in [1.29, 1.82) is 0 Å². The lowest BCUT2D eigenvalue weighted by Crippen LogP contribution is -2.38. The van der Waals surface area contributed by atoms with Crippen molar-refractivity contribution in [1.82, 2.24) is 15.1 Å². The van der Waals surface area contributed by atoms with Gasteiger partial charge in [-0.15, -0.1) is 0 Å². The second-order valence-corrected chi connectivity index (χ2v) is 10.0. The summed E-state index contributed by atoms with van der Waals surface area (Å²) in [5.41, 5.74) is 3.83. The lowest BCUT2D eigenvalue weighted by Gasteiger charge is -2.28. The van der Waals surface area contributed by atoms with Crippen molar-refractivity contribution in [3.63, 3.8) is 0 Å². The summed E-state index contributed by atoms with van der Waals surface area (Å²) in [5, 5.41) is 16.5. The van der Waals surface area contributed by atoms with Crippen molar-refractivity contribution in [2.24, 2.45) is 5.92 Å². The predicted molar refractivity (Wildman–Crippen MR) is 141 cm³/mol. The first-order chi connectivity index (χ1) is 17.9. The van der Waals surface area contributed by atoms with Gasteiger partial charge in [0.1, 0.15) is 0 Å². The van der Waals surface area contributed by atoms with Gasteiger partial charge in [0.15, 0.2) is 5.82 Å². The van der Waals surface area contributed by atoms with Gasteiger partial charge in [0, 0.05) is 12.5 Å². The number of fused-ring (bicyclic) bond motifs is 1. The van der Waals surface area contributed by atoms with Crippen LogP contribution in [0.4, 0.5) is 4.39 Å². The number of carbonyl (C=O) groups is 2. The molecule has 1 amide bonds. The van der Waals surface area contributed by atoms with E-state index in [0.717, 1.165) is 29.5 Å². The van der Waals surface area contributed by atoms with Crippen LogP contribution in [0.5, 0.6) is 0 Å². The monoisotopic (exact) mass is 519 g/mol. The lowest BCUT2D eigenvalue weighted by atomic mass is 9.84. The zero-order valence-corrected chi connectivity index (χ0v) is 20.9. The van der Waals surface area contributed by atoms with Gasteiger partial charge in [0.2, 0.25) is 0 Å². The van der Waals surface area contributed by atoms with E-state index < -0.39 is 11.8 Å². The number of amides is 1. The molecule has 8 heteroatoms. The summed E-state index contributed by atoms with van der Waals surface area (Å²) in [7, 11) is 0. The first-order valence-electron chi connectivity index (χ1n) is 12.4. The highest BCUT2D eigenvalue weighted by Crippen LogP contribution is 2.31. The number of aliphatic carboxylic acids is 1. The minimum Gasteiger partial charge on any atom is -0.481 e. The van der Waals surface area contributed by atoms with Gasteiger partial charge in [0.25, 0.3) is 5.91 Å². The number of hydrogen-bond acceptors (Lipinski definition) is 3. The van der Waals surface area contributed by atoms with Crippen LogP contribution in [0.3, 0.4) is 0 Å². The molecular formula is C29H27ClFN3O3. The number of nitrogens with one attached hydrogen (secondary N) is 1. The molecule has 2 N–H and O–H groups in total. The summed E-state index contributed by atoms with van der Waals surface area (Å²) in [4.78, 5) is 24.3. The first-order valence-corrected chi connectivity index (χ1v) is 12.8. The van der Waals surface area contributed by atoms with E-state index in [-0.39, 0.29) is 40.3 Å². The molecule has 6 nitrogen and oxygen atoms in total. The first kappa shape index (κ1) is 25.0. The van der Waals surface area contributed by atoms with E-state index in [4.69, 9.17) is 16.7 Å². The van der Waals surface area contributed by atoms with Crippen molar-refractivity contribution < 1.29 is 19.1 Å². The van der Waals surface area contributed by atoms with Crippen LogP contribution in [0.15, 0.2) is 66.9 Å². The van der Waals surface area contributed by atoms with E-state index in [1.807, 2.05) is 54.6 Å². The zero-order chi connectivity index (χ0) is 25.9. The van der Waals surface area contributed by atoms with Crippen molar-refractivity contribution in [3.8, 4) is 11.1 Å². The second-order valence-electron chi connectivity index (χ2n) is 9.64. The molecule has 190 valence electrons. The smallest absolute Gasteiger partial charge is 0.303 e. The molecular weight excluding hydrogens is 493 g/mol. The highest BCUT2D eigenvalue weighted by molar-refractivity contribution is 6.32. The van der Waals surface area contributed by atoms with Crippen molar-refractivity contribution in [2.45, 2.75) is 44.7 Å². The summed E-state index contributed by atoms with van der Waals surface area (Å²) in [6.07, 6.45) is 4.45. The molecule has 37 heavy (non-hydrogen) atoms. The van der Waals surface area contributed by atoms with Gasteiger partial charge in [0.05, 0.1) is 34.2 Å². The fourth-order valence-corrected chi connectivity index (χ4v) is 5.35. The molecule has 0 unspecified atom stereocenters. The highest BCUT2D eigenvalue weighted by atomic mass is 35.5. The summed E-state index contributed by atoms with van der Waals surface area (Å²) < 4.78 is 16.5. The Labute approximate surface area is 219 Å². The van der Waals surface area contributed by atoms with Crippen LogP contribution in [0.25, 0.3) is 22.0 Å². The number of carbonyl (C=O) groups excluding carboxylic acids is 1. The van der Waals surface area contributed by atoms with E-state index in [0.29, 0.717) is 24.9 Å². The number of benzene rings is 3. The van der Waals surface area contributed by atoms with Gasteiger partial charge in [-0.05, 0) is 54.4 Å². The largest absolute Gasteiger partial charge is 0.481 e. The Morgan fingerprint density at radius 2 is 1.70 bits per heavy atom. The molecule has 0 spiro atoms. The molecule has 5 rings (SSSR count). The number of hydrogen-bond donors (Lipinski definition) is 2. The van der Waals surface area contributed by atoms with Crippen molar-refractivity contribution in [2.75, 3.05) is 0 Å². The molecule has 1 fully saturated rings. The Bertz CT molecular complexity index is 1430. The van der Waals surface area contributed by atoms with Crippen LogP contribution < -0.4 is 5.32 Å². The van der Waals surface area contributed by atoms with Crippen LogP contribution in [0.1, 0.15) is 48.0 Å². The molecule has 1 heterocycles. The third kappa shape index (κ3) is 5.52. The van der Waals surface area contributed by atoms with Gasteiger partial charge >= 0.3 is 5.97 Å². The fraction of sp³-hybridized carbons (Fsp3) is 0.276. The minimum absolute atomic E-state index is 0.0710. The summed E-state index contributed by atoms with van der Waals surface area (Å²) >= 11 is 6.14. The third-order valence-corrected chi connectivity index (χ3v) is 7.37. The normalized spacial score (nSPS) is 17.6. The maximum absolute atomic E-state index is 14.9. The Balaban J connectivity index is 1.37. The van der Waals surface area contributed by atoms with E-state index in [2.05, 4.69) is 10.4 Å². The molecule has 4 aromatic rings. The van der Waals surface area contributed by atoms with Crippen LogP contribution in [0.2, 0.25) is 5.02 Å².